The van der Waals surface area contributed by atoms with Crippen molar-refractivity contribution in [1.82, 2.24) is 15.5 Å². The molecule has 0 saturated carbocycles. The van der Waals surface area contributed by atoms with E-state index >= 15 is 0 Å². The van der Waals surface area contributed by atoms with Gasteiger partial charge in [-0.25, -0.2) is 0 Å². The van der Waals surface area contributed by atoms with Crippen LogP contribution in [0.25, 0.3) is 0 Å². The van der Waals surface area contributed by atoms with Gasteiger partial charge in [-0.2, -0.15) is 4.98 Å². The summed E-state index contributed by atoms with van der Waals surface area (Å²) in [5.41, 5.74) is 1.09. The monoisotopic (exact) mass is 275 g/mol. The van der Waals surface area contributed by atoms with E-state index < -0.39 is 0 Å². The third-order valence-corrected chi connectivity index (χ3v) is 3.41. The van der Waals surface area contributed by atoms with E-state index in [2.05, 4.69) is 15.5 Å². The number of aromatic nitrogens is 2. The van der Waals surface area contributed by atoms with E-state index in [1.165, 1.54) is 0 Å². The highest BCUT2D eigenvalue weighted by Crippen LogP contribution is 2.22. The van der Waals surface area contributed by atoms with Gasteiger partial charge < -0.3 is 19.7 Å². The van der Waals surface area contributed by atoms with Gasteiger partial charge in [-0.15, -0.1) is 0 Å². The SMILES string of the molecule is COc1ccc(Cc2noc([C@H]3C[C@@H](O)CN3)n2)cc1. The van der Waals surface area contributed by atoms with E-state index in [4.69, 9.17) is 9.26 Å². The van der Waals surface area contributed by atoms with Crippen LogP contribution in [0.4, 0.5) is 0 Å². The number of β-amino-alcohol motifs (C(OH)–C–C–N with tert-alkyl or cyclic N) is 1. The summed E-state index contributed by atoms with van der Waals surface area (Å²) < 4.78 is 10.4. The maximum absolute atomic E-state index is 9.49. The van der Waals surface area contributed by atoms with Gasteiger partial charge in [0.1, 0.15) is 5.75 Å². The number of hydrogen-bond acceptors (Lipinski definition) is 6. The first-order chi connectivity index (χ1) is 9.74. The second kappa shape index (κ2) is 5.60. The molecule has 0 amide bonds. The van der Waals surface area contributed by atoms with E-state index in [0.29, 0.717) is 31.1 Å². The zero-order valence-corrected chi connectivity index (χ0v) is 11.2. The van der Waals surface area contributed by atoms with Gasteiger partial charge in [0.15, 0.2) is 5.82 Å². The van der Waals surface area contributed by atoms with Crippen LogP contribution in [0.5, 0.6) is 5.75 Å². The molecule has 1 aliphatic heterocycles. The number of aliphatic hydroxyl groups excluding tert-OH is 1. The Balaban J connectivity index is 1.67. The van der Waals surface area contributed by atoms with Crippen LogP contribution in [0.15, 0.2) is 28.8 Å². The largest absolute Gasteiger partial charge is 0.497 e. The minimum absolute atomic E-state index is 0.0397. The van der Waals surface area contributed by atoms with Crippen molar-refractivity contribution in [1.29, 1.82) is 0 Å². The number of nitrogens with zero attached hydrogens (tertiary/aromatic N) is 2. The topological polar surface area (TPSA) is 80.4 Å². The van der Waals surface area contributed by atoms with Crippen molar-refractivity contribution in [2.45, 2.75) is 25.0 Å². The molecule has 0 radical (unpaired) electrons. The average Bonchev–Trinajstić information content (AvgIpc) is 3.09. The van der Waals surface area contributed by atoms with Crippen molar-refractivity contribution in [3.8, 4) is 5.75 Å². The van der Waals surface area contributed by atoms with Crippen LogP contribution in [-0.2, 0) is 6.42 Å². The number of aliphatic hydroxyl groups is 1. The maximum atomic E-state index is 9.49. The van der Waals surface area contributed by atoms with Crippen molar-refractivity contribution < 1.29 is 14.4 Å². The van der Waals surface area contributed by atoms with Gasteiger partial charge in [0.2, 0.25) is 5.89 Å². The molecule has 6 heteroatoms. The Hall–Kier alpha value is -1.92. The summed E-state index contributed by atoms with van der Waals surface area (Å²) in [6, 6.07) is 7.73. The van der Waals surface area contributed by atoms with E-state index in [-0.39, 0.29) is 12.1 Å². The molecule has 0 bridgehead atoms. The van der Waals surface area contributed by atoms with Gasteiger partial charge in [-0.05, 0) is 24.1 Å². The molecule has 2 N–H and O–H groups in total. The normalized spacial score (nSPS) is 22.1. The molecule has 1 fully saturated rings. The fourth-order valence-corrected chi connectivity index (χ4v) is 2.31. The predicted octanol–water partition coefficient (Wildman–Crippen LogP) is 1.06. The van der Waals surface area contributed by atoms with Crippen molar-refractivity contribution in [3.63, 3.8) is 0 Å². The van der Waals surface area contributed by atoms with Crippen molar-refractivity contribution in [2.75, 3.05) is 13.7 Å². The highest BCUT2D eigenvalue weighted by molar-refractivity contribution is 5.28. The predicted molar refractivity (Wildman–Crippen MR) is 71.5 cm³/mol. The van der Waals surface area contributed by atoms with Crippen molar-refractivity contribution in [2.24, 2.45) is 0 Å². The Labute approximate surface area is 116 Å². The van der Waals surface area contributed by atoms with Crippen LogP contribution in [0.1, 0.15) is 29.7 Å². The number of benzene rings is 1. The summed E-state index contributed by atoms with van der Waals surface area (Å²) in [6.07, 6.45) is 0.893. The summed E-state index contributed by atoms with van der Waals surface area (Å²) in [7, 11) is 1.64. The molecule has 2 heterocycles. The second-order valence-corrected chi connectivity index (χ2v) is 4.92. The first-order valence-corrected chi connectivity index (χ1v) is 6.61. The molecule has 1 aromatic carbocycles. The van der Waals surface area contributed by atoms with Crippen LogP contribution < -0.4 is 10.1 Å². The Morgan fingerprint density at radius 2 is 2.20 bits per heavy atom. The number of ether oxygens (including phenoxy) is 1. The Bertz CT molecular complexity index is 567. The van der Waals surface area contributed by atoms with Crippen LogP contribution in [0, 0.1) is 0 Å². The molecule has 1 aliphatic rings. The molecular weight excluding hydrogens is 258 g/mol. The van der Waals surface area contributed by atoms with Crippen LogP contribution >= 0.6 is 0 Å². The quantitative estimate of drug-likeness (QED) is 0.868. The van der Waals surface area contributed by atoms with Gasteiger partial charge in [-0.3, -0.25) is 0 Å². The molecule has 0 spiro atoms. The fraction of sp³-hybridized carbons (Fsp3) is 0.429. The lowest BCUT2D eigenvalue weighted by molar-refractivity contribution is 0.191. The molecule has 2 aromatic rings. The van der Waals surface area contributed by atoms with Gasteiger partial charge in [0.25, 0.3) is 0 Å². The smallest absolute Gasteiger partial charge is 0.243 e. The molecule has 20 heavy (non-hydrogen) atoms. The standard InChI is InChI=1S/C14H17N3O3/c1-19-11-4-2-9(3-5-11)6-13-16-14(20-17-13)12-7-10(18)8-15-12/h2-5,10,12,15,18H,6-8H2,1H3/t10-,12-/m1/s1. The summed E-state index contributed by atoms with van der Waals surface area (Å²) in [5, 5.41) is 16.6. The first kappa shape index (κ1) is 13.1. The zero-order valence-electron chi connectivity index (χ0n) is 11.2. The lowest BCUT2D eigenvalue weighted by Gasteiger charge is -2.02. The van der Waals surface area contributed by atoms with E-state index in [1.54, 1.807) is 7.11 Å². The molecule has 1 saturated heterocycles. The molecule has 6 nitrogen and oxygen atoms in total. The zero-order chi connectivity index (χ0) is 13.9. The van der Waals surface area contributed by atoms with E-state index in [0.717, 1.165) is 11.3 Å². The first-order valence-electron chi connectivity index (χ1n) is 6.61. The molecular formula is C14H17N3O3. The molecule has 2 atom stereocenters. The third-order valence-electron chi connectivity index (χ3n) is 3.41. The number of methoxy groups -OCH3 is 1. The highest BCUT2D eigenvalue weighted by atomic mass is 16.5. The number of nitrogens with one attached hydrogen (secondary N) is 1. The third kappa shape index (κ3) is 2.81. The van der Waals surface area contributed by atoms with Gasteiger partial charge in [0.05, 0.1) is 19.3 Å². The molecule has 0 aliphatic carbocycles. The van der Waals surface area contributed by atoms with Crippen molar-refractivity contribution >= 4 is 0 Å². The van der Waals surface area contributed by atoms with Crippen molar-refractivity contribution in [3.05, 3.63) is 41.5 Å². The fourth-order valence-electron chi connectivity index (χ4n) is 2.31. The van der Waals surface area contributed by atoms with Gasteiger partial charge in [-0.1, -0.05) is 17.3 Å². The lowest BCUT2D eigenvalue weighted by Crippen LogP contribution is -2.15. The Morgan fingerprint density at radius 3 is 2.85 bits per heavy atom. The number of hydrogen-bond donors (Lipinski definition) is 2. The summed E-state index contributed by atoms with van der Waals surface area (Å²) in [5.74, 6) is 2.02. The summed E-state index contributed by atoms with van der Waals surface area (Å²) >= 11 is 0. The van der Waals surface area contributed by atoms with Gasteiger partial charge in [0, 0.05) is 13.0 Å². The minimum Gasteiger partial charge on any atom is -0.497 e. The minimum atomic E-state index is -0.336. The maximum Gasteiger partial charge on any atom is 0.243 e. The van der Waals surface area contributed by atoms with Gasteiger partial charge >= 0.3 is 0 Å². The number of rotatable bonds is 4. The molecule has 3 rings (SSSR count). The van der Waals surface area contributed by atoms with Crippen LogP contribution in [0.2, 0.25) is 0 Å². The summed E-state index contributed by atoms with van der Waals surface area (Å²) in [6.45, 7) is 0.570. The highest BCUT2D eigenvalue weighted by Gasteiger charge is 2.27. The van der Waals surface area contributed by atoms with E-state index in [9.17, 15) is 5.11 Å². The molecule has 0 unspecified atom stereocenters. The Kier molecular flexibility index (Phi) is 3.66. The average molecular weight is 275 g/mol. The Morgan fingerprint density at radius 1 is 1.40 bits per heavy atom. The second-order valence-electron chi connectivity index (χ2n) is 4.92. The van der Waals surface area contributed by atoms with Crippen LogP contribution in [0.3, 0.4) is 0 Å². The summed E-state index contributed by atoms with van der Waals surface area (Å²) in [4.78, 5) is 4.38. The lowest BCUT2D eigenvalue weighted by atomic mass is 10.1. The molecule has 106 valence electrons. The van der Waals surface area contributed by atoms with Crippen LogP contribution in [-0.4, -0.2) is 35.0 Å². The van der Waals surface area contributed by atoms with E-state index in [1.807, 2.05) is 24.3 Å². The molecule has 1 aromatic heterocycles.